The van der Waals surface area contributed by atoms with Gasteiger partial charge in [-0.25, -0.2) is 4.79 Å². The Kier molecular flexibility index (Phi) is 5.12. The number of carbonyl (C=O) groups excluding carboxylic acids is 1. The first-order chi connectivity index (χ1) is 10.3. The fourth-order valence-electron chi connectivity index (χ4n) is 3.25. The number of aliphatic carboxylic acids is 1. The number of aryl methyl sites for hydroxylation is 1. The van der Waals surface area contributed by atoms with Crippen LogP contribution >= 0.6 is 11.6 Å². The van der Waals surface area contributed by atoms with Gasteiger partial charge in [0, 0.05) is 5.02 Å². The number of carboxylic acids is 1. The van der Waals surface area contributed by atoms with Crippen LogP contribution in [0.1, 0.15) is 43.7 Å². The lowest BCUT2D eigenvalue weighted by Crippen LogP contribution is -2.57. The van der Waals surface area contributed by atoms with Crippen molar-refractivity contribution in [3.63, 3.8) is 0 Å². The van der Waals surface area contributed by atoms with Crippen LogP contribution in [0.2, 0.25) is 5.02 Å². The van der Waals surface area contributed by atoms with Gasteiger partial charge in [0.25, 0.3) is 0 Å². The lowest BCUT2D eigenvalue weighted by atomic mass is 9.76. The van der Waals surface area contributed by atoms with Gasteiger partial charge in [-0.1, -0.05) is 37.4 Å². The molecule has 0 aromatic heterocycles. The van der Waals surface area contributed by atoms with Crippen molar-refractivity contribution in [1.82, 2.24) is 5.32 Å². The van der Waals surface area contributed by atoms with Crippen molar-refractivity contribution in [1.29, 1.82) is 0 Å². The molecule has 0 saturated heterocycles. The van der Waals surface area contributed by atoms with Crippen molar-refractivity contribution < 1.29 is 14.7 Å². The molecule has 2 unspecified atom stereocenters. The molecule has 4 nitrogen and oxygen atoms in total. The Bertz CT molecular complexity index is 587. The van der Waals surface area contributed by atoms with Gasteiger partial charge in [0.15, 0.2) is 0 Å². The van der Waals surface area contributed by atoms with E-state index in [1.807, 2.05) is 19.9 Å². The van der Waals surface area contributed by atoms with Gasteiger partial charge in [-0.15, -0.1) is 0 Å². The number of nitrogens with one attached hydrogen (secondary N) is 1. The Morgan fingerprint density at radius 1 is 1.45 bits per heavy atom. The normalized spacial score (nSPS) is 24.8. The Morgan fingerprint density at radius 2 is 2.18 bits per heavy atom. The Morgan fingerprint density at radius 3 is 2.77 bits per heavy atom. The molecule has 0 heterocycles. The van der Waals surface area contributed by atoms with Gasteiger partial charge in [0.2, 0.25) is 5.91 Å². The van der Waals surface area contributed by atoms with Gasteiger partial charge in [-0.05, 0) is 48.9 Å². The van der Waals surface area contributed by atoms with E-state index in [0.717, 1.165) is 24.0 Å². The summed E-state index contributed by atoms with van der Waals surface area (Å²) in [6, 6.07) is 5.36. The van der Waals surface area contributed by atoms with Crippen LogP contribution in [0.15, 0.2) is 18.2 Å². The average Bonchev–Trinajstić information content (AvgIpc) is 2.41. The lowest BCUT2D eigenvalue weighted by molar-refractivity contribution is -0.150. The zero-order chi connectivity index (χ0) is 16.3. The summed E-state index contributed by atoms with van der Waals surface area (Å²) in [7, 11) is 0. The molecule has 2 rings (SSSR count). The molecular formula is C17H22ClNO3. The van der Waals surface area contributed by atoms with E-state index in [9.17, 15) is 14.7 Å². The Balaban J connectivity index is 2.10. The molecule has 120 valence electrons. The van der Waals surface area contributed by atoms with E-state index >= 15 is 0 Å². The monoisotopic (exact) mass is 323 g/mol. The molecule has 0 radical (unpaired) electrons. The first-order valence-electron chi connectivity index (χ1n) is 7.62. The molecule has 2 atom stereocenters. The molecule has 2 N–H and O–H groups in total. The number of rotatable bonds is 4. The summed E-state index contributed by atoms with van der Waals surface area (Å²) in [5, 5.41) is 13.0. The molecule has 1 aliphatic rings. The number of carbonyl (C=O) groups is 2. The number of carboxylic acid groups (broad SMARTS) is 1. The highest BCUT2D eigenvalue weighted by Gasteiger charge is 2.43. The van der Waals surface area contributed by atoms with Crippen LogP contribution in [-0.4, -0.2) is 22.5 Å². The van der Waals surface area contributed by atoms with Crippen LogP contribution < -0.4 is 5.32 Å². The highest BCUT2D eigenvalue weighted by Crippen LogP contribution is 2.32. The SMILES string of the molecule is Cc1cc(Cl)ccc1CC(=O)NC1(C(=O)O)CCCC(C)C1. The maximum absolute atomic E-state index is 12.3. The van der Waals surface area contributed by atoms with Crippen molar-refractivity contribution in [3.8, 4) is 0 Å². The zero-order valence-electron chi connectivity index (χ0n) is 13.0. The number of hydrogen-bond acceptors (Lipinski definition) is 2. The number of hydrogen-bond donors (Lipinski definition) is 2. The van der Waals surface area contributed by atoms with Gasteiger partial charge < -0.3 is 10.4 Å². The van der Waals surface area contributed by atoms with Gasteiger partial charge in [0.05, 0.1) is 6.42 Å². The Hall–Kier alpha value is -1.55. The van der Waals surface area contributed by atoms with E-state index in [-0.39, 0.29) is 12.3 Å². The molecule has 1 aromatic rings. The minimum Gasteiger partial charge on any atom is -0.480 e. The molecule has 1 fully saturated rings. The van der Waals surface area contributed by atoms with Crippen LogP contribution in [0, 0.1) is 12.8 Å². The van der Waals surface area contributed by atoms with Crippen LogP contribution in [0.5, 0.6) is 0 Å². The molecule has 1 aromatic carbocycles. The molecule has 22 heavy (non-hydrogen) atoms. The van der Waals surface area contributed by atoms with Gasteiger partial charge in [-0.3, -0.25) is 4.79 Å². The zero-order valence-corrected chi connectivity index (χ0v) is 13.7. The number of benzene rings is 1. The first-order valence-corrected chi connectivity index (χ1v) is 7.99. The summed E-state index contributed by atoms with van der Waals surface area (Å²) in [5.74, 6) is -0.871. The molecule has 1 aliphatic carbocycles. The minimum atomic E-state index is -1.12. The predicted octanol–water partition coefficient (Wildman–Crippen LogP) is 3.34. The largest absolute Gasteiger partial charge is 0.480 e. The van der Waals surface area contributed by atoms with Crippen molar-refractivity contribution in [2.45, 2.75) is 51.5 Å². The number of amides is 1. The highest BCUT2D eigenvalue weighted by molar-refractivity contribution is 6.30. The van der Waals surface area contributed by atoms with Crippen molar-refractivity contribution in [2.24, 2.45) is 5.92 Å². The van der Waals surface area contributed by atoms with Crippen LogP contribution in [0.25, 0.3) is 0 Å². The van der Waals surface area contributed by atoms with Gasteiger partial charge in [0.1, 0.15) is 5.54 Å². The summed E-state index contributed by atoms with van der Waals surface area (Å²) in [4.78, 5) is 24.0. The fraction of sp³-hybridized carbons (Fsp3) is 0.529. The number of halogens is 1. The second-order valence-electron chi connectivity index (χ2n) is 6.38. The summed E-state index contributed by atoms with van der Waals surface area (Å²) < 4.78 is 0. The van der Waals surface area contributed by atoms with E-state index < -0.39 is 11.5 Å². The predicted molar refractivity (Wildman–Crippen MR) is 86.0 cm³/mol. The fourth-order valence-corrected chi connectivity index (χ4v) is 3.48. The van der Waals surface area contributed by atoms with E-state index in [0.29, 0.717) is 23.8 Å². The van der Waals surface area contributed by atoms with Gasteiger partial charge >= 0.3 is 5.97 Å². The van der Waals surface area contributed by atoms with E-state index in [4.69, 9.17) is 11.6 Å². The molecule has 0 spiro atoms. The summed E-state index contributed by atoms with van der Waals surface area (Å²) >= 11 is 5.91. The summed E-state index contributed by atoms with van der Waals surface area (Å²) in [6.07, 6.45) is 3.01. The Labute approximate surface area is 135 Å². The minimum absolute atomic E-state index is 0.173. The molecule has 5 heteroatoms. The summed E-state index contributed by atoms with van der Waals surface area (Å²) in [5.41, 5.74) is 0.685. The molecule has 0 bridgehead atoms. The quantitative estimate of drug-likeness (QED) is 0.893. The molecule has 1 saturated carbocycles. The van der Waals surface area contributed by atoms with Crippen molar-refractivity contribution >= 4 is 23.5 Å². The molecular weight excluding hydrogens is 302 g/mol. The summed E-state index contributed by atoms with van der Waals surface area (Å²) in [6.45, 7) is 3.93. The van der Waals surface area contributed by atoms with Gasteiger partial charge in [-0.2, -0.15) is 0 Å². The third kappa shape index (κ3) is 3.80. The highest BCUT2D eigenvalue weighted by atomic mass is 35.5. The van der Waals surface area contributed by atoms with Crippen LogP contribution in [-0.2, 0) is 16.0 Å². The molecule has 1 amide bonds. The first kappa shape index (κ1) is 16.8. The standard InChI is InChI=1S/C17H22ClNO3/c1-11-4-3-7-17(10-11,16(21)22)19-15(20)9-13-5-6-14(18)8-12(13)2/h5-6,8,11H,3-4,7,9-10H2,1-2H3,(H,19,20)(H,21,22). The lowest BCUT2D eigenvalue weighted by Gasteiger charge is -2.37. The topological polar surface area (TPSA) is 66.4 Å². The van der Waals surface area contributed by atoms with Crippen molar-refractivity contribution in [2.75, 3.05) is 0 Å². The van der Waals surface area contributed by atoms with E-state index in [2.05, 4.69) is 5.32 Å². The average molecular weight is 324 g/mol. The maximum Gasteiger partial charge on any atom is 0.329 e. The van der Waals surface area contributed by atoms with Crippen LogP contribution in [0.3, 0.4) is 0 Å². The maximum atomic E-state index is 12.3. The second kappa shape index (κ2) is 6.69. The molecule has 0 aliphatic heterocycles. The van der Waals surface area contributed by atoms with E-state index in [1.54, 1.807) is 12.1 Å². The van der Waals surface area contributed by atoms with Crippen LogP contribution in [0.4, 0.5) is 0 Å². The van der Waals surface area contributed by atoms with E-state index in [1.165, 1.54) is 0 Å². The third-order valence-corrected chi connectivity index (χ3v) is 4.68. The smallest absolute Gasteiger partial charge is 0.329 e. The second-order valence-corrected chi connectivity index (χ2v) is 6.82. The van der Waals surface area contributed by atoms with Crippen molar-refractivity contribution in [3.05, 3.63) is 34.3 Å². The third-order valence-electron chi connectivity index (χ3n) is 4.44.